The van der Waals surface area contributed by atoms with Crippen molar-refractivity contribution in [1.82, 2.24) is 10.2 Å². The lowest BCUT2D eigenvalue weighted by Crippen LogP contribution is -2.62. The van der Waals surface area contributed by atoms with Crippen molar-refractivity contribution in [3.8, 4) is 0 Å². The van der Waals surface area contributed by atoms with Crippen LogP contribution in [0.25, 0.3) is 0 Å². The summed E-state index contributed by atoms with van der Waals surface area (Å²) in [6.07, 6.45) is 5.24. The van der Waals surface area contributed by atoms with Crippen LogP contribution in [0.15, 0.2) is 0 Å². The molecule has 2 aliphatic heterocycles. The van der Waals surface area contributed by atoms with Gasteiger partial charge < -0.3 is 5.11 Å². The fourth-order valence-corrected chi connectivity index (χ4v) is 2.59. The summed E-state index contributed by atoms with van der Waals surface area (Å²) in [4.78, 5) is 13.4. The highest BCUT2D eigenvalue weighted by atomic mass is 16.4. The van der Waals surface area contributed by atoms with Crippen LogP contribution in [0.3, 0.4) is 0 Å². The second-order valence-electron chi connectivity index (χ2n) is 4.24. The number of hydrogen-bond acceptors (Lipinski definition) is 3. The van der Waals surface area contributed by atoms with E-state index in [4.69, 9.17) is 0 Å². The first-order valence-corrected chi connectivity index (χ1v) is 5.49. The Balaban J connectivity index is 2.12. The highest BCUT2D eigenvalue weighted by molar-refractivity contribution is 5.78. The van der Waals surface area contributed by atoms with Crippen LogP contribution in [0.5, 0.6) is 0 Å². The normalized spacial score (nSPS) is 34.6. The minimum Gasteiger partial charge on any atom is -0.479 e. The van der Waals surface area contributed by atoms with E-state index >= 15 is 0 Å². The van der Waals surface area contributed by atoms with Gasteiger partial charge in [-0.1, -0.05) is 6.42 Å². The smallest absolute Gasteiger partial charge is 0.339 e. The van der Waals surface area contributed by atoms with Crippen molar-refractivity contribution >= 4 is 5.97 Å². The Hall–Kier alpha value is -0.610. The molecule has 2 saturated heterocycles. The molecule has 0 aliphatic carbocycles. The van der Waals surface area contributed by atoms with E-state index in [2.05, 4.69) is 10.2 Å². The van der Waals surface area contributed by atoms with Crippen molar-refractivity contribution in [1.29, 1.82) is 0 Å². The second kappa shape index (κ2) is 3.87. The summed E-state index contributed by atoms with van der Waals surface area (Å²) in [5.74, 6) is -0.697. The summed E-state index contributed by atoms with van der Waals surface area (Å²) in [6, 6.07) is 0. The maximum absolute atomic E-state index is 11.3. The molecule has 1 atom stereocenters. The number of nitrogens with zero attached hydrogens (tertiary/aromatic N) is 1. The zero-order valence-corrected chi connectivity index (χ0v) is 8.46. The summed E-state index contributed by atoms with van der Waals surface area (Å²) in [7, 11) is 0. The summed E-state index contributed by atoms with van der Waals surface area (Å²) in [5, 5.41) is 12.5. The molecule has 0 spiro atoms. The molecule has 4 heteroatoms. The van der Waals surface area contributed by atoms with Crippen LogP contribution in [0.1, 0.15) is 32.1 Å². The SMILES string of the molecule is O=C(O)[C@]1(N2CCCCC2)CCCN1. The van der Waals surface area contributed by atoms with Crippen LogP contribution in [-0.4, -0.2) is 41.3 Å². The van der Waals surface area contributed by atoms with Gasteiger partial charge in [-0.15, -0.1) is 0 Å². The molecule has 2 aliphatic rings. The van der Waals surface area contributed by atoms with Crippen LogP contribution < -0.4 is 5.32 Å². The third-order valence-electron chi connectivity index (χ3n) is 3.38. The van der Waals surface area contributed by atoms with Gasteiger partial charge in [0.05, 0.1) is 0 Å². The fourth-order valence-electron chi connectivity index (χ4n) is 2.59. The summed E-state index contributed by atoms with van der Waals surface area (Å²) >= 11 is 0. The highest BCUT2D eigenvalue weighted by Gasteiger charge is 2.46. The molecule has 2 rings (SSSR count). The van der Waals surface area contributed by atoms with Crippen molar-refractivity contribution < 1.29 is 9.90 Å². The van der Waals surface area contributed by atoms with Gasteiger partial charge >= 0.3 is 5.97 Å². The number of nitrogens with one attached hydrogen (secondary N) is 1. The van der Waals surface area contributed by atoms with Crippen molar-refractivity contribution in [3.05, 3.63) is 0 Å². The molecule has 0 saturated carbocycles. The molecule has 0 unspecified atom stereocenters. The number of carbonyl (C=O) groups is 1. The molecule has 0 radical (unpaired) electrons. The van der Waals surface area contributed by atoms with Crippen molar-refractivity contribution in [2.24, 2.45) is 0 Å². The van der Waals surface area contributed by atoms with Crippen LogP contribution in [0.2, 0.25) is 0 Å². The number of carboxylic acid groups (broad SMARTS) is 1. The Morgan fingerprint density at radius 1 is 1.21 bits per heavy atom. The zero-order valence-electron chi connectivity index (χ0n) is 8.46. The van der Waals surface area contributed by atoms with Gasteiger partial charge in [-0.3, -0.25) is 10.2 Å². The minimum absolute atomic E-state index is 0.697. The molecule has 2 N–H and O–H groups in total. The molecule has 4 nitrogen and oxygen atoms in total. The summed E-state index contributed by atoms with van der Waals surface area (Å²) in [6.45, 7) is 2.70. The quantitative estimate of drug-likeness (QED) is 0.683. The monoisotopic (exact) mass is 198 g/mol. The number of carboxylic acids is 1. The van der Waals surface area contributed by atoms with Crippen LogP contribution in [0, 0.1) is 0 Å². The van der Waals surface area contributed by atoms with E-state index in [1.165, 1.54) is 6.42 Å². The number of aliphatic carboxylic acids is 1. The summed E-state index contributed by atoms with van der Waals surface area (Å²) < 4.78 is 0. The number of rotatable bonds is 2. The van der Waals surface area contributed by atoms with E-state index < -0.39 is 11.6 Å². The Labute approximate surface area is 84.3 Å². The Morgan fingerprint density at radius 3 is 2.43 bits per heavy atom. The van der Waals surface area contributed by atoms with E-state index in [0.29, 0.717) is 0 Å². The van der Waals surface area contributed by atoms with E-state index in [-0.39, 0.29) is 0 Å². The van der Waals surface area contributed by atoms with Gasteiger partial charge in [0.15, 0.2) is 5.66 Å². The standard InChI is InChI=1S/C10H18N2O2/c13-9(14)10(5-4-6-11-10)12-7-2-1-3-8-12/h11H,1-8H2,(H,13,14)/t10-/m1/s1. The van der Waals surface area contributed by atoms with Crippen LogP contribution >= 0.6 is 0 Å². The van der Waals surface area contributed by atoms with E-state index in [9.17, 15) is 9.90 Å². The molecule has 0 bridgehead atoms. The van der Waals surface area contributed by atoms with Gasteiger partial charge in [0.1, 0.15) is 0 Å². The predicted octanol–water partition coefficient (Wildman–Crippen LogP) is 0.637. The third kappa shape index (κ3) is 1.53. The Kier molecular flexibility index (Phi) is 2.74. The zero-order chi connectivity index (χ0) is 10.0. The summed E-state index contributed by atoms with van der Waals surface area (Å²) in [5.41, 5.74) is -0.736. The van der Waals surface area contributed by atoms with E-state index in [0.717, 1.165) is 45.3 Å². The lowest BCUT2D eigenvalue weighted by Gasteiger charge is -2.40. The minimum atomic E-state index is -0.736. The maximum atomic E-state index is 11.3. The molecule has 2 fully saturated rings. The molecule has 80 valence electrons. The molecule has 0 aromatic rings. The molecule has 0 amide bonds. The number of piperidine rings is 1. The number of likely N-dealkylation sites (tertiary alicyclic amines) is 1. The predicted molar refractivity (Wildman–Crippen MR) is 53.0 cm³/mol. The lowest BCUT2D eigenvalue weighted by atomic mass is 10.0. The third-order valence-corrected chi connectivity index (χ3v) is 3.38. The fraction of sp³-hybridized carbons (Fsp3) is 0.900. The van der Waals surface area contributed by atoms with E-state index in [1.807, 2.05) is 0 Å². The molecule has 0 aromatic carbocycles. The highest BCUT2D eigenvalue weighted by Crippen LogP contribution is 2.27. The van der Waals surface area contributed by atoms with Crippen molar-refractivity contribution in [3.63, 3.8) is 0 Å². The van der Waals surface area contributed by atoms with Crippen molar-refractivity contribution in [2.75, 3.05) is 19.6 Å². The molecule has 2 heterocycles. The van der Waals surface area contributed by atoms with Gasteiger partial charge in [-0.05, 0) is 32.2 Å². The van der Waals surface area contributed by atoms with E-state index in [1.54, 1.807) is 0 Å². The van der Waals surface area contributed by atoms with Gasteiger partial charge in [0, 0.05) is 13.1 Å². The van der Waals surface area contributed by atoms with Gasteiger partial charge in [-0.2, -0.15) is 0 Å². The first-order valence-electron chi connectivity index (χ1n) is 5.49. The molecule has 14 heavy (non-hydrogen) atoms. The molecular weight excluding hydrogens is 180 g/mol. The molecular formula is C10H18N2O2. The Morgan fingerprint density at radius 2 is 1.93 bits per heavy atom. The van der Waals surface area contributed by atoms with Crippen LogP contribution in [0.4, 0.5) is 0 Å². The number of hydrogen-bond donors (Lipinski definition) is 2. The largest absolute Gasteiger partial charge is 0.479 e. The van der Waals surface area contributed by atoms with Gasteiger partial charge in [-0.25, -0.2) is 4.79 Å². The topological polar surface area (TPSA) is 52.6 Å². The average molecular weight is 198 g/mol. The first-order chi connectivity index (χ1) is 6.76. The maximum Gasteiger partial charge on any atom is 0.339 e. The van der Waals surface area contributed by atoms with Gasteiger partial charge in [0.25, 0.3) is 0 Å². The second-order valence-corrected chi connectivity index (χ2v) is 4.24. The van der Waals surface area contributed by atoms with Crippen LogP contribution in [-0.2, 0) is 4.79 Å². The first kappa shape index (κ1) is 9.93. The molecule has 0 aromatic heterocycles. The van der Waals surface area contributed by atoms with Gasteiger partial charge in [0.2, 0.25) is 0 Å². The average Bonchev–Trinajstić information content (AvgIpc) is 2.69. The van der Waals surface area contributed by atoms with Crippen molar-refractivity contribution in [2.45, 2.75) is 37.8 Å². The lowest BCUT2D eigenvalue weighted by molar-refractivity contribution is -0.154. The Bertz CT molecular complexity index is 218.